The van der Waals surface area contributed by atoms with E-state index in [1.165, 1.54) is 5.56 Å². The molecule has 4 rings (SSSR count). The second-order valence-electron chi connectivity index (χ2n) is 10.9. The molecular weight excluding hydrogens is 490 g/mol. The number of hydrogen-bond donors (Lipinski definition) is 3. The van der Waals surface area contributed by atoms with Crippen LogP contribution < -0.4 is 11.1 Å². The van der Waals surface area contributed by atoms with Gasteiger partial charge in [0, 0.05) is 18.5 Å². The number of aryl methyl sites for hydroxylation is 1. The van der Waals surface area contributed by atoms with Crippen molar-refractivity contribution in [2.75, 3.05) is 13.1 Å². The standard InChI is InChI=1S/C29H37N3O4.ClH/c1-28(2,30)27(36)31-24(14-8-11-20-9-4-3-5-10-20)25(33)32-17-15-29(16-18-32)19-22(26(34)35)21-12-6-7-13-23(21)29;/h3-7,9-10,12-13,22,24H,8,11,14-19,30H2,1-2H3,(H,31,36)(H,34,35);1H/t22-,24-;/m1./s1. The molecule has 1 saturated heterocycles. The zero-order valence-corrected chi connectivity index (χ0v) is 22.4. The number of aliphatic carboxylic acids is 1. The Morgan fingerprint density at radius 1 is 1.08 bits per heavy atom. The maximum absolute atomic E-state index is 13.6. The number of carbonyl (C=O) groups is 3. The molecule has 2 aliphatic rings. The highest BCUT2D eigenvalue weighted by molar-refractivity contribution is 5.91. The molecular formula is C29H38ClN3O4. The second kappa shape index (κ2) is 11.7. The fourth-order valence-corrected chi connectivity index (χ4v) is 5.72. The Bertz CT molecular complexity index is 1110. The van der Waals surface area contributed by atoms with Gasteiger partial charge < -0.3 is 21.1 Å². The number of rotatable bonds is 8. The van der Waals surface area contributed by atoms with E-state index in [-0.39, 0.29) is 29.6 Å². The topological polar surface area (TPSA) is 113 Å². The van der Waals surface area contributed by atoms with Crippen molar-refractivity contribution in [1.82, 2.24) is 10.2 Å². The number of carboxylic acid groups (broad SMARTS) is 1. The molecule has 0 radical (unpaired) electrons. The van der Waals surface area contributed by atoms with Gasteiger partial charge in [0.2, 0.25) is 11.8 Å². The van der Waals surface area contributed by atoms with Crippen LogP contribution in [-0.4, -0.2) is 52.5 Å². The van der Waals surface area contributed by atoms with Crippen molar-refractivity contribution in [2.45, 2.75) is 75.3 Å². The summed E-state index contributed by atoms with van der Waals surface area (Å²) in [5.41, 5.74) is 7.91. The van der Waals surface area contributed by atoms with Crippen LogP contribution in [0.1, 0.15) is 68.6 Å². The fraction of sp³-hybridized carbons (Fsp3) is 0.483. The van der Waals surface area contributed by atoms with Crippen LogP contribution in [0.4, 0.5) is 0 Å². The minimum Gasteiger partial charge on any atom is -0.481 e. The zero-order valence-electron chi connectivity index (χ0n) is 21.6. The number of benzene rings is 2. The maximum atomic E-state index is 13.6. The smallest absolute Gasteiger partial charge is 0.311 e. The molecule has 8 heteroatoms. The van der Waals surface area contributed by atoms with Crippen molar-refractivity contribution in [3.63, 3.8) is 0 Å². The van der Waals surface area contributed by atoms with Crippen LogP contribution in [-0.2, 0) is 26.2 Å². The summed E-state index contributed by atoms with van der Waals surface area (Å²) in [7, 11) is 0. The first-order valence-electron chi connectivity index (χ1n) is 12.9. The van der Waals surface area contributed by atoms with Crippen molar-refractivity contribution in [2.24, 2.45) is 5.73 Å². The maximum Gasteiger partial charge on any atom is 0.311 e. The molecule has 1 aliphatic heterocycles. The van der Waals surface area contributed by atoms with Crippen LogP contribution in [0.25, 0.3) is 0 Å². The number of nitrogens with zero attached hydrogens (tertiary/aromatic N) is 1. The van der Waals surface area contributed by atoms with E-state index in [0.29, 0.717) is 38.8 Å². The SMILES string of the molecule is CC(C)(N)C(=O)N[C@H](CCCc1ccccc1)C(=O)N1CCC2(CC1)C[C@@H](C(=O)O)c1ccccc12.Cl. The third-order valence-electron chi connectivity index (χ3n) is 7.82. The van der Waals surface area contributed by atoms with Gasteiger partial charge in [-0.25, -0.2) is 0 Å². The van der Waals surface area contributed by atoms with Crippen molar-refractivity contribution in [3.05, 3.63) is 71.3 Å². The van der Waals surface area contributed by atoms with E-state index < -0.39 is 23.5 Å². The molecule has 2 amide bonds. The summed E-state index contributed by atoms with van der Waals surface area (Å²) in [5.74, 6) is -1.72. The lowest BCUT2D eigenvalue weighted by atomic mass is 9.73. The summed E-state index contributed by atoms with van der Waals surface area (Å²) in [5, 5.41) is 12.7. The Morgan fingerprint density at radius 3 is 2.32 bits per heavy atom. The molecule has 200 valence electrons. The molecule has 37 heavy (non-hydrogen) atoms. The van der Waals surface area contributed by atoms with Gasteiger partial charge in [-0.15, -0.1) is 12.4 Å². The molecule has 0 bridgehead atoms. The zero-order chi connectivity index (χ0) is 25.9. The first-order valence-corrected chi connectivity index (χ1v) is 12.9. The lowest BCUT2D eigenvalue weighted by molar-refractivity contribution is -0.140. The first kappa shape index (κ1) is 28.7. The third-order valence-corrected chi connectivity index (χ3v) is 7.82. The molecule has 7 nitrogen and oxygen atoms in total. The average Bonchev–Trinajstić information content (AvgIpc) is 3.18. The summed E-state index contributed by atoms with van der Waals surface area (Å²) in [6.07, 6.45) is 4.11. The number of fused-ring (bicyclic) bond motifs is 2. The molecule has 1 spiro atoms. The number of nitrogens with one attached hydrogen (secondary N) is 1. The monoisotopic (exact) mass is 527 g/mol. The Labute approximate surface area is 225 Å². The number of amides is 2. The van der Waals surface area contributed by atoms with E-state index in [0.717, 1.165) is 24.0 Å². The van der Waals surface area contributed by atoms with Gasteiger partial charge in [-0.05, 0) is 69.1 Å². The highest BCUT2D eigenvalue weighted by atomic mass is 35.5. The molecule has 4 N–H and O–H groups in total. The highest BCUT2D eigenvalue weighted by Gasteiger charge is 2.48. The van der Waals surface area contributed by atoms with Crippen LogP contribution >= 0.6 is 12.4 Å². The van der Waals surface area contributed by atoms with E-state index in [2.05, 4.69) is 17.4 Å². The van der Waals surface area contributed by atoms with E-state index in [4.69, 9.17) is 5.73 Å². The van der Waals surface area contributed by atoms with E-state index in [9.17, 15) is 19.5 Å². The molecule has 1 heterocycles. The first-order chi connectivity index (χ1) is 17.1. The molecule has 2 atom stereocenters. The molecule has 2 aromatic rings. The second-order valence-corrected chi connectivity index (χ2v) is 10.9. The number of hydrogen-bond acceptors (Lipinski definition) is 4. The van der Waals surface area contributed by atoms with Crippen LogP contribution in [0.3, 0.4) is 0 Å². The summed E-state index contributed by atoms with van der Waals surface area (Å²) in [4.78, 5) is 40.0. The minimum absolute atomic E-state index is 0. The number of carbonyl (C=O) groups excluding carboxylic acids is 2. The summed E-state index contributed by atoms with van der Waals surface area (Å²) in [6.45, 7) is 4.34. The van der Waals surface area contributed by atoms with Crippen molar-refractivity contribution in [3.8, 4) is 0 Å². The van der Waals surface area contributed by atoms with Gasteiger partial charge in [-0.1, -0.05) is 54.6 Å². The lowest BCUT2D eigenvalue weighted by Crippen LogP contribution is -2.57. The van der Waals surface area contributed by atoms with E-state index in [1.54, 1.807) is 13.8 Å². The molecule has 1 aliphatic carbocycles. The Kier molecular flexibility index (Phi) is 9.03. The predicted octanol–water partition coefficient (Wildman–Crippen LogP) is 3.79. The summed E-state index contributed by atoms with van der Waals surface area (Å²) < 4.78 is 0. The quantitative estimate of drug-likeness (QED) is 0.483. The Balaban J connectivity index is 0.00000380. The van der Waals surface area contributed by atoms with Gasteiger partial charge >= 0.3 is 5.97 Å². The molecule has 0 saturated carbocycles. The van der Waals surface area contributed by atoms with Gasteiger partial charge in [0.15, 0.2) is 0 Å². The molecule has 0 unspecified atom stereocenters. The number of likely N-dealkylation sites (tertiary alicyclic amines) is 1. The number of nitrogens with two attached hydrogens (primary N) is 1. The molecule has 0 aromatic heterocycles. The molecule has 2 aromatic carbocycles. The normalized spacial score (nSPS) is 19.0. The largest absolute Gasteiger partial charge is 0.481 e. The minimum atomic E-state index is -1.08. The van der Waals surface area contributed by atoms with Gasteiger partial charge in [0.05, 0.1) is 11.5 Å². The fourth-order valence-electron chi connectivity index (χ4n) is 5.72. The predicted molar refractivity (Wildman–Crippen MR) is 146 cm³/mol. The molecule has 1 fully saturated rings. The van der Waals surface area contributed by atoms with E-state index in [1.807, 2.05) is 47.4 Å². The summed E-state index contributed by atoms with van der Waals surface area (Å²) in [6, 6.07) is 17.3. The van der Waals surface area contributed by atoms with Crippen molar-refractivity contribution < 1.29 is 19.5 Å². The number of piperidine rings is 1. The van der Waals surface area contributed by atoms with Crippen molar-refractivity contribution >= 4 is 30.2 Å². The Hall–Kier alpha value is -2.90. The highest BCUT2D eigenvalue weighted by Crippen LogP contribution is 2.51. The Morgan fingerprint density at radius 2 is 1.70 bits per heavy atom. The van der Waals surface area contributed by atoms with Crippen LogP contribution in [0.5, 0.6) is 0 Å². The van der Waals surface area contributed by atoms with Gasteiger partial charge in [0.25, 0.3) is 0 Å². The summed E-state index contributed by atoms with van der Waals surface area (Å²) >= 11 is 0. The van der Waals surface area contributed by atoms with Gasteiger partial charge in [-0.3, -0.25) is 14.4 Å². The van der Waals surface area contributed by atoms with Crippen LogP contribution in [0, 0.1) is 0 Å². The average molecular weight is 528 g/mol. The number of carboxylic acids is 1. The van der Waals surface area contributed by atoms with Crippen LogP contribution in [0.2, 0.25) is 0 Å². The van der Waals surface area contributed by atoms with Crippen LogP contribution in [0.15, 0.2) is 54.6 Å². The van der Waals surface area contributed by atoms with Gasteiger partial charge in [-0.2, -0.15) is 0 Å². The van der Waals surface area contributed by atoms with Crippen molar-refractivity contribution in [1.29, 1.82) is 0 Å². The van der Waals surface area contributed by atoms with E-state index >= 15 is 0 Å². The number of halogens is 1. The third kappa shape index (κ3) is 6.33. The lowest BCUT2D eigenvalue weighted by Gasteiger charge is -2.41. The van der Waals surface area contributed by atoms with Gasteiger partial charge in [0.1, 0.15) is 6.04 Å².